The van der Waals surface area contributed by atoms with E-state index in [-0.39, 0.29) is 0 Å². The molecule has 160 valence electrons. The molecule has 3 N–H and O–H groups in total. The summed E-state index contributed by atoms with van der Waals surface area (Å²) in [5.41, 5.74) is 5.92. The Kier molecular flexibility index (Phi) is 4.24. The number of carbonyl (C=O) groups excluding carboxylic acids is 1. The van der Waals surface area contributed by atoms with Crippen LogP contribution in [0.5, 0.6) is 0 Å². The Morgan fingerprint density at radius 2 is 1.94 bits per heavy atom. The first-order chi connectivity index (χ1) is 15.2. The molecule has 2 fully saturated rings. The Bertz CT molecular complexity index is 1220. The third kappa shape index (κ3) is 2.77. The molecule has 4 heterocycles. The van der Waals surface area contributed by atoms with E-state index in [2.05, 4.69) is 31.0 Å². The summed E-state index contributed by atoms with van der Waals surface area (Å²) in [6.07, 6.45) is 6.56. The van der Waals surface area contributed by atoms with Gasteiger partial charge in [-0.25, -0.2) is 4.98 Å². The fourth-order valence-electron chi connectivity index (χ4n) is 6.08. The average Bonchev–Trinajstić information content (AvgIpc) is 3.50. The molecule has 0 saturated carbocycles. The predicted molar refractivity (Wildman–Crippen MR) is 119 cm³/mol. The van der Waals surface area contributed by atoms with Gasteiger partial charge in [-0.15, -0.1) is 0 Å². The van der Waals surface area contributed by atoms with E-state index in [9.17, 15) is 4.79 Å². The minimum Gasteiger partial charge on any atom is -0.357 e. The number of para-hydroxylation sites is 2. The van der Waals surface area contributed by atoms with E-state index in [1.807, 2.05) is 18.2 Å². The van der Waals surface area contributed by atoms with Gasteiger partial charge in [0.25, 0.3) is 0 Å². The summed E-state index contributed by atoms with van der Waals surface area (Å²) in [6, 6.07) is 8.12. The van der Waals surface area contributed by atoms with Crippen LogP contribution in [0.15, 0.2) is 34.6 Å². The van der Waals surface area contributed by atoms with Gasteiger partial charge in [0.1, 0.15) is 5.82 Å². The monoisotopic (exact) mass is 417 g/mol. The van der Waals surface area contributed by atoms with Gasteiger partial charge in [-0.2, -0.15) is 0 Å². The van der Waals surface area contributed by atoms with Crippen molar-refractivity contribution in [3.8, 4) is 0 Å². The number of hydrogen-bond acceptors (Lipinski definition) is 5. The van der Waals surface area contributed by atoms with Crippen LogP contribution in [-0.2, 0) is 12.8 Å². The number of pyridine rings is 1. The second-order valence-electron chi connectivity index (χ2n) is 9.21. The molecular formula is C23H27N7O. The number of anilines is 1. The third-order valence-electron chi connectivity index (χ3n) is 7.55. The fraction of sp³-hybridized carbons (Fsp3) is 0.478. The lowest BCUT2D eigenvalue weighted by Gasteiger charge is -2.34. The number of rotatable bonds is 2. The Hall–Kier alpha value is -3.00. The van der Waals surface area contributed by atoms with Crippen LogP contribution in [0.25, 0.3) is 16.7 Å². The Morgan fingerprint density at radius 3 is 2.77 bits per heavy atom. The zero-order valence-electron chi connectivity index (χ0n) is 17.6. The first-order valence-corrected chi connectivity index (χ1v) is 11.3. The molecule has 0 radical (unpaired) electrons. The molecule has 6 rings (SSSR count). The van der Waals surface area contributed by atoms with Gasteiger partial charge in [-0.3, -0.25) is 9.20 Å². The largest absolute Gasteiger partial charge is 0.357 e. The number of hydrogen-bond donors (Lipinski definition) is 2. The molecule has 2 aromatic heterocycles. The van der Waals surface area contributed by atoms with Crippen LogP contribution in [0.2, 0.25) is 0 Å². The maximum Gasteiger partial charge on any atom is 0.301 e. The van der Waals surface area contributed by atoms with Gasteiger partial charge in [0.05, 0.1) is 16.6 Å². The molecule has 3 aliphatic rings. The molecule has 31 heavy (non-hydrogen) atoms. The van der Waals surface area contributed by atoms with E-state index in [0.717, 1.165) is 62.0 Å². The SMILES string of the molecule is NN=NC(=O)c1c2c(c(N3CCC4(CCNCC4)C3)n3c1nc1ccccc13)CCC2. The summed E-state index contributed by atoms with van der Waals surface area (Å²) in [5.74, 6) is 6.07. The quantitative estimate of drug-likeness (QED) is 0.379. The second kappa shape index (κ2) is 7.02. The van der Waals surface area contributed by atoms with Crippen molar-refractivity contribution < 1.29 is 4.79 Å². The average molecular weight is 418 g/mol. The number of nitrogens with one attached hydrogen (secondary N) is 1. The summed E-state index contributed by atoms with van der Waals surface area (Å²) >= 11 is 0. The van der Waals surface area contributed by atoms with Crippen LogP contribution in [-0.4, -0.2) is 41.5 Å². The number of fused-ring (bicyclic) bond motifs is 4. The lowest BCUT2D eigenvalue weighted by atomic mass is 9.78. The molecular weight excluding hydrogens is 390 g/mol. The lowest BCUT2D eigenvalue weighted by Crippen LogP contribution is -2.39. The van der Waals surface area contributed by atoms with Gasteiger partial charge in [-0.05, 0) is 80.3 Å². The first-order valence-electron chi connectivity index (χ1n) is 11.3. The first kappa shape index (κ1) is 18.7. The number of piperidine rings is 1. The van der Waals surface area contributed by atoms with Gasteiger partial charge >= 0.3 is 5.91 Å². The highest BCUT2D eigenvalue weighted by molar-refractivity contribution is 6.05. The number of amides is 1. The Morgan fingerprint density at radius 1 is 1.13 bits per heavy atom. The minimum atomic E-state index is -0.399. The van der Waals surface area contributed by atoms with Crippen molar-refractivity contribution in [3.05, 3.63) is 41.0 Å². The van der Waals surface area contributed by atoms with E-state index in [1.165, 1.54) is 30.6 Å². The number of carbonyl (C=O) groups is 1. The van der Waals surface area contributed by atoms with Crippen molar-refractivity contribution in [1.82, 2.24) is 14.7 Å². The van der Waals surface area contributed by atoms with Crippen LogP contribution < -0.4 is 16.1 Å². The molecule has 3 aromatic rings. The Balaban J connectivity index is 1.61. The molecule has 1 aliphatic carbocycles. The van der Waals surface area contributed by atoms with Gasteiger partial charge in [0.15, 0.2) is 5.65 Å². The van der Waals surface area contributed by atoms with Crippen molar-refractivity contribution >= 4 is 28.4 Å². The molecule has 2 saturated heterocycles. The highest BCUT2D eigenvalue weighted by Gasteiger charge is 2.41. The molecule has 1 aromatic carbocycles. The summed E-state index contributed by atoms with van der Waals surface area (Å²) < 4.78 is 2.21. The van der Waals surface area contributed by atoms with Crippen molar-refractivity contribution in [2.45, 2.75) is 38.5 Å². The molecule has 0 unspecified atom stereocenters. The van der Waals surface area contributed by atoms with Crippen molar-refractivity contribution in [2.24, 2.45) is 21.6 Å². The molecule has 1 spiro atoms. The smallest absolute Gasteiger partial charge is 0.301 e. The molecule has 1 amide bonds. The van der Waals surface area contributed by atoms with Crippen molar-refractivity contribution in [2.75, 3.05) is 31.1 Å². The van der Waals surface area contributed by atoms with Gasteiger partial charge in [-0.1, -0.05) is 22.5 Å². The van der Waals surface area contributed by atoms with E-state index in [0.29, 0.717) is 16.6 Å². The summed E-state index contributed by atoms with van der Waals surface area (Å²) in [7, 11) is 0. The van der Waals surface area contributed by atoms with Gasteiger partial charge in [0, 0.05) is 13.1 Å². The van der Waals surface area contributed by atoms with Crippen LogP contribution in [0.1, 0.15) is 47.2 Å². The van der Waals surface area contributed by atoms with Crippen LogP contribution in [0.3, 0.4) is 0 Å². The third-order valence-corrected chi connectivity index (χ3v) is 7.55. The van der Waals surface area contributed by atoms with E-state index < -0.39 is 5.91 Å². The zero-order valence-corrected chi connectivity index (χ0v) is 17.6. The molecule has 0 bridgehead atoms. The highest BCUT2D eigenvalue weighted by atomic mass is 16.1. The number of nitrogens with two attached hydrogens (primary N) is 1. The number of benzene rings is 1. The fourth-order valence-corrected chi connectivity index (χ4v) is 6.08. The maximum atomic E-state index is 13.0. The van der Waals surface area contributed by atoms with Gasteiger partial charge < -0.3 is 16.1 Å². The number of nitrogens with zero attached hydrogens (tertiary/aromatic N) is 5. The number of imidazole rings is 1. The van der Waals surface area contributed by atoms with Crippen LogP contribution >= 0.6 is 0 Å². The lowest BCUT2D eigenvalue weighted by molar-refractivity contribution is 0.0994. The second-order valence-corrected chi connectivity index (χ2v) is 9.21. The normalized spacial score (nSPS) is 20.5. The minimum absolute atomic E-state index is 0.391. The molecule has 8 heteroatoms. The van der Waals surface area contributed by atoms with E-state index >= 15 is 0 Å². The van der Waals surface area contributed by atoms with E-state index in [4.69, 9.17) is 10.8 Å². The Labute approximate surface area is 180 Å². The molecule has 8 nitrogen and oxygen atoms in total. The van der Waals surface area contributed by atoms with Crippen LogP contribution in [0.4, 0.5) is 5.82 Å². The van der Waals surface area contributed by atoms with Crippen molar-refractivity contribution in [1.29, 1.82) is 0 Å². The van der Waals surface area contributed by atoms with Crippen LogP contribution in [0, 0.1) is 5.41 Å². The maximum absolute atomic E-state index is 13.0. The zero-order chi connectivity index (χ0) is 21.0. The number of aromatic nitrogens is 2. The molecule has 2 aliphatic heterocycles. The topological polar surface area (TPSA) is 100 Å². The highest BCUT2D eigenvalue weighted by Crippen LogP contribution is 2.45. The van der Waals surface area contributed by atoms with Gasteiger partial charge in [0.2, 0.25) is 0 Å². The summed E-state index contributed by atoms with van der Waals surface area (Å²) in [6.45, 7) is 4.32. The van der Waals surface area contributed by atoms with Crippen molar-refractivity contribution in [3.63, 3.8) is 0 Å². The summed E-state index contributed by atoms with van der Waals surface area (Å²) in [5, 5.41) is 10.5. The molecule has 0 atom stereocenters. The van der Waals surface area contributed by atoms with E-state index in [1.54, 1.807) is 0 Å². The predicted octanol–water partition coefficient (Wildman–Crippen LogP) is 3.02. The standard InChI is InChI=1S/C23H27N7O/c24-28-27-21(31)19-15-4-3-5-16(15)22(29-13-10-23(14-29)8-11-25-12-9-23)30-18-7-2-1-6-17(18)26-20(19)30/h1-2,6-7,25H,3-5,8-14H2,(H2,24,27,31). The summed E-state index contributed by atoms with van der Waals surface area (Å²) in [4.78, 5) is 20.4.